The highest BCUT2D eigenvalue weighted by Crippen LogP contribution is 2.45. The molecule has 678 valence electrons. The number of pyridine rings is 3. The van der Waals surface area contributed by atoms with Crippen molar-refractivity contribution in [3.63, 3.8) is 0 Å². The van der Waals surface area contributed by atoms with E-state index in [4.69, 9.17) is 28.2 Å². The third kappa shape index (κ3) is 17.1. The van der Waals surface area contributed by atoms with E-state index in [1.807, 2.05) is 72.8 Å². The SMILES string of the molecule is c1ccc(-c2cc(-c3ccc(-c4ccc(-c5ccc6oc7ccccc7c6c5)cc4)c4ccccc34)cc(-c3ccccc3)n2)cc1.c1ccc(-c2cc(-c3ccc(-c4ccc5c(ccc6cc(-c7ccc8oc9ccccc9c8c7)ccc65)c4)cc3)cc(-c3ccccc3)n2)cc1.c1ccc(-c2cc(-c3ccc4cc(-c5cccc(-c6ccc7c(c6)oc6ccccc67)c5)ccc4c3)cc(-c3ccccc3)n2)cc1. The van der Waals surface area contributed by atoms with Crippen LogP contribution in [0.5, 0.6) is 0 Å². The molecule has 0 bridgehead atoms. The first kappa shape index (κ1) is 86.1. The van der Waals surface area contributed by atoms with E-state index in [2.05, 4.69) is 467 Å². The van der Waals surface area contributed by atoms with E-state index in [1.165, 1.54) is 121 Å². The molecule has 6 heteroatoms. The minimum Gasteiger partial charge on any atom is -0.456 e. The van der Waals surface area contributed by atoms with E-state index in [1.54, 1.807) is 0 Å². The largest absolute Gasteiger partial charge is 0.456 e. The Bertz CT molecular complexity index is 9610. The van der Waals surface area contributed by atoms with Gasteiger partial charge in [-0.1, -0.05) is 419 Å². The van der Waals surface area contributed by atoms with Gasteiger partial charge < -0.3 is 13.3 Å². The second-order valence-electron chi connectivity index (χ2n) is 37.2. The number of hydrogen-bond acceptors (Lipinski definition) is 6. The van der Waals surface area contributed by atoms with Crippen LogP contribution >= 0.6 is 0 Å². The average molecular weight is 1850 g/mol. The van der Waals surface area contributed by atoms with Gasteiger partial charge in [-0.15, -0.1) is 0 Å². The molecule has 145 heavy (non-hydrogen) atoms. The summed E-state index contributed by atoms with van der Waals surface area (Å²) < 4.78 is 18.3. The molecule has 0 amide bonds. The van der Waals surface area contributed by atoms with Crippen LogP contribution in [0.25, 0.3) is 277 Å². The minimum atomic E-state index is 0.914. The Kier molecular flexibility index (Phi) is 22.3. The van der Waals surface area contributed by atoms with Gasteiger partial charge in [0.2, 0.25) is 0 Å². The van der Waals surface area contributed by atoms with Gasteiger partial charge >= 0.3 is 0 Å². The normalized spacial score (nSPS) is 11.4. The molecule has 0 aliphatic rings. The van der Waals surface area contributed by atoms with Crippen LogP contribution in [0, 0.1) is 0 Å². The Hall–Kier alpha value is -19.3. The molecule has 0 N–H and O–H groups in total. The lowest BCUT2D eigenvalue weighted by Crippen LogP contribution is -1.92. The molecule has 0 saturated carbocycles. The van der Waals surface area contributed by atoms with Crippen LogP contribution in [0.1, 0.15) is 0 Å². The molecule has 0 spiro atoms. The zero-order chi connectivity index (χ0) is 96.0. The second-order valence-corrected chi connectivity index (χ2v) is 37.2. The van der Waals surface area contributed by atoms with Gasteiger partial charge in [0.1, 0.15) is 33.5 Å². The summed E-state index contributed by atoms with van der Waals surface area (Å²) in [5, 5.41) is 16.7. The summed E-state index contributed by atoms with van der Waals surface area (Å²) in [7, 11) is 0. The van der Waals surface area contributed by atoms with E-state index in [9.17, 15) is 0 Å². The van der Waals surface area contributed by atoms with E-state index in [0.29, 0.717) is 0 Å². The van der Waals surface area contributed by atoms with Crippen molar-refractivity contribution in [3.8, 4) is 168 Å². The first-order chi connectivity index (χ1) is 71.8. The minimum absolute atomic E-state index is 0.914. The van der Waals surface area contributed by atoms with Crippen molar-refractivity contribution in [2.24, 2.45) is 0 Å². The Balaban J connectivity index is 0.000000111. The zero-order valence-electron chi connectivity index (χ0n) is 79.0. The fourth-order valence-corrected chi connectivity index (χ4v) is 20.8. The standard InChI is InChI=1S/C49H31NO.2C45H29NO/c1-3-9-34(10-4-1)46-30-41(31-47(50-46)35-11-5-2-6-12-35)33-17-15-32(16-18-33)36-21-24-42-39(27-36)19-20-40-28-37(22-25-43(40)42)38-23-26-49-45(29-38)44-13-7-8-14-48(44)51-49;1-3-11-32(12-4-1)42-28-35(29-43(46-42)33-13-5-2-6-14-33)37-25-24-36(38-15-7-8-16-39(37)38)31-21-19-30(20-22-31)34-23-26-45-41(27-34)40-17-9-10-18-44(40)47-45;1-3-10-30(11-4-1)42-27-39(28-43(46-42)31-12-5-2-6-13-31)37-21-20-35-25-34(18-19-36(35)26-37)32-14-9-15-33(24-32)38-22-23-41-40-16-7-8-17-44(40)47-45(41)29-38/h1-31H;2*1-29H. The lowest BCUT2D eigenvalue weighted by atomic mass is 9.90. The summed E-state index contributed by atoms with van der Waals surface area (Å²) in [5.41, 5.74) is 39.2. The van der Waals surface area contributed by atoms with Crippen LogP contribution in [-0.4, -0.2) is 15.0 Å². The summed E-state index contributed by atoms with van der Waals surface area (Å²) in [4.78, 5) is 15.2. The van der Waals surface area contributed by atoms with E-state index in [0.717, 1.165) is 156 Å². The molecule has 28 aromatic rings. The Morgan fingerprint density at radius 1 is 0.103 bits per heavy atom. The maximum absolute atomic E-state index is 6.17. The molecule has 6 nitrogen and oxygen atoms in total. The van der Waals surface area contributed by atoms with Crippen molar-refractivity contribution in [2.75, 3.05) is 0 Å². The molecule has 0 radical (unpaired) electrons. The van der Waals surface area contributed by atoms with Crippen molar-refractivity contribution in [2.45, 2.75) is 0 Å². The molecule has 0 fully saturated rings. The Labute approximate surface area is 838 Å². The van der Waals surface area contributed by atoms with Gasteiger partial charge in [-0.05, 0) is 265 Å². The third-order valence-corrected chi connectivity index (χ3v) is 28.2. The molecule has 0 unspecified atom stereocenters. The van der Waals surface area contributed by atoms with Gasteiger partial charge in [0.05, 0.1) is 34.2 Å². The Morgan fingerprint density at radius 3 is 0.745 bits per heavy atom. The highest BCUT2D eigenvalue weighted by Gasteiger charge is 2.21. The maximum atomic E-state index is 6.17. The van der Waals surface area contributed by atoms with Crippen molar-refractivity contribution in [1.29, 1.82) is 0 Å². The lowest BCUT2D eigenvalue weighted by Gasteiger charge is -2.15. The Morgan fingerprint density at radius 2 is 0.338 bits per heavy atom. The van der Waals surface area contributed by atoms with Crippen molar-refractivity contribution in [1.82, 2.24) is 15.0 Å². The number of rotatable bonds is 15. The molecular weight excluding hydrogens is 1760 g/mol. The summed E-state index contributed by atoms with van der Waals surface area (Å²) in [5.74, 6) is 0. The van der Waals surface area contributed by atoms with Gasteiger partial charge in [0.15, 0.2) is 0 Å². The quantitative estimate of drug-likeness (QED) is 0.0952. The zero-order valence-corrected chi connectivity index (χ0v) is 79.0. The monoisotopic (exact) mass is 1850 g/mol. The molecule has 0 saturated heterocycles. The smallest absolute Gasteiger partial charge is 0.136 e. The van der Waals surface area contributed by atoms with Crippen LogP contribution in [0.4, 0.5) is 0 Å². The predicted octanol–water partition coefficient (Wildman–Crippen LogP) is 38.6. The molecule has 22 aromatic carbocycles. The summed E-state index contributed by atoms with van der Waals surface area (Å²) in [6, 6.07) is 191. The lowest BCUT2D eigenvalue weighted by molar-refractivity contribution is 0.668. The number of nitrogens with zero attached hydrogens (tertiary/aromatic N) is 3. The van der Waals surface area contributed by atoms with E-state index in [-0.39, 0.29) is 0 Å². The topological polar surface area (TPSA) is 78.1 Å². The third-order valence-electron chi connectivity index (χ3n) is 28.2. The van der Waals surface area contributed by atoms with Crippen molar-refractivity contribution >= 4 is 109 Å². The van der Waals surface area contributed by atoms with Gasteiger partial charge in [-0.2, -0.15) is 0 Å². The van der Waals surface area contributed by atoms with E-state index < -0.39 is 0 Å². The first-order valence-corrected chi connectivity index (χ1v) is 49.3. The van der Waals surface area contributed by atoms with Crippen LogP contribution < -0.4 is 0 Å². The summed E-state index contributed by atoms with van der Waals surface area (Å²) >= 11 is 0. The molecule has 0 aliphatic heterocycles. The fraction of sp³-hybridized carbons (Fsp3) is 0. The van der Waals surface area contributed by atoms with Gasteiger partial charge in [0, 0.05) is 65.7 Å². The first-order valence-electron chi connectivity index (χ1n) is 49.3. The predicted molar refractivity (Wildman–Crippen MR) is 606 cm³/mol. The number of para-hydroxylation sites is 3. The number of hydrogen-bond donors (Lipinski definition) is 0. The highest BCUT2D eigenvalue weighted by molar-refractivity contribution is 6.13. The van der Waals surface area contributed by atoms with Crippen LogP contribution in [0.2, 0.25) is 0 Å². The maximum Gasteiger partial charge on any atom is 0.136 e. The number of furan rings is 3. The molecule has 6 aromatic heterocycles. The molecule has 0 atom stereocenters. The van der Waals surface area contributed by atoms with Crippen molar-refractivity contribution < 1.29 is 13.3 Å². The van der Waals surface area contributed by atoms with Crippen LogP contribution in [-0.2, 0) is 0 Å². The second kappa shape index (κ2) is 37.5. The molecule has 6 heterocycles. The summed E-state index contributed by atoms with van der Waals surface area (Å²) in [6.07, 6.45) is 0. The van der Waals surface area contributed by atoms with Crippen molar-refractivity contribution in [3.05, 3.63) is 540 Å². The fourth-order valence-electron chi connectivity index (χ4n) is 20.8. The molecule has 0 aliphatic carbocycles. The number of benzene rings is 22. The van der Waals surface area contributed by atoms with Gasteiger partial charge in [-0.25, -0.2) is 15.0 Å². The van der Waals surface area contributed by atoms with Gasteiger partial charge in [0.25, 0.3) is 0 Å². The summed E-state index contributed by atoms with van der Waals surface area (Å²) in [6.45, 7) is 0. The molecular formula is C139H89N3O3. The van der Waals surface area contributed by atoms with Gasteiger partial charge in [-0.3, -0.25) is 0 Å². The molecule has 28 rings (SSSR count). The highest BCUT2D eigenvalue weighted by atomic mass is 16.3. The van der Waals surface area contributed by atoms with Crippen LogP contribution in [0.3, 0.4) is 0 Å². The average Bonchev–Trinajstić information content (AvgIpc) is 1.77. The van der Waals surface area contributed by atoms with Crippen LogP contribution in [0.15, 0.2) is 553 Å². The number of aromatic nitrogens is 3. The number of fused-ring (bicyclic) bond motifs is 14. The van der Waals surface area contributed by atoms with E-state index >= 15 is 0 Å².